The molecule has 0 aliphatic rings. The lowest BCUT2D eigenvalue weighted by atomic mass is 10.1. The Bertz CT molecular complexity index is 613. The number of aryl methyl sites for hydroxylation is 1. The van der Waals surface area contributed by atoms with E-state index in [1.165, 1.54) is 5.56 Å². The van der Waals surface area contributed by atoms with E-state index >= 15 is 0 Å². The fraction of sp³-hybridized carbons (Fsp3) is 0.316. The molecule has 0 unspecified atom stereocenters. The molecule has 0 aromatic heterocycles. The van der Waals surface area contributed by atoms with Crippen molar-refractivity contribution in [2.24, 2.45) is 0 Å². The van der Waals surface area contributed by atoms with E-state index in [1.807, 2.05) is 25.1 Å². The monoisotopic (exact) mass is 331 g/mol. The predicted octanol–water partition coefficient (Wildman–Crippen LogP) is 4.24. The zero-order valence-corrected chi connectivity index (χ0v) is 14.2. The number of carbonyl (C=O) groups excluding carboxylic acids is 1. The highest BCUT2D eigenvalue weighted by Gasteiger charge is 2.16. The molecule has 4 heteroatoms. The molecule has 0 saturated carbocycles. The molecule has 0 aliphatic carbocycles. The minimum absolute atomic E-state index is 0.0963. The van der Waals surface area contributed by atoms with Crippen LogP contribution in [-0.4, -0.2) is 18.1 Å². The van der Waals surface area contributed by atoms with E-state index in [1.54, 1.807) is 31.2 Å². The van der Waals surface area contributed by atoms with Crippen LogP contribution in [-0.2, 0) is 11.2 Å². The minimum atomic E-state index is -0.546. The van der Waals surface area contributed by atoms with Crippen molar-refractivity contribution in [2.75, 3.05) is 0 Å². The topological polar surface area (TPSA) is 38.3 Å². The Morgan fingerprint density at radius 2 is 1.74 bits per heavy atom. The van der Waals surface area contributed by atoms with E-state index in [2.05, 4.69) is 17.4 Å². The molecule has 0 heterocycles. The summed E-state index contributed by atoms with van der Waals surface area (Å²) in [6.45, 7) is 3.75. The maximum Gasteiger partial charge on any atom is 0.260 e. The molecule has 0 fully saturated rings. The van der Waals surface area contributed by atoms with E-state index < -0.39 is 6.10 Å². The van der Waals surface area contributed by atoms with Crippen LogP contribution in [0.2, 0.25) is 5.02 Å². The lowest BCUT2D eigenvalue weighted by Gasteiger charge is -2.19. The van der Waals surface area contributed by atoms with Gasteiger partial charge in [0.25, 0.3) is 5.91 Å². The van der Waals surface area contributed by atoms with Gasteiger partial charge < -0.3 is 10.1 Å². The Hall–Kier alpha value is -2.00. The Kier molecular flexibility index (Phi) is 6.48. The van der Waals surface area contributed by atoms with Crippen LogP contribution in [0.15, 0.2) is 54.6 Å². The van der Waals surface area contributed by atoms with Crippen molar-refractivity contribution < 1.29 is 9.53 Å². The molecule has 0 saturated heterocycles. The lowest BCUT2D eigenvalue weighted by molar-refractivity contribution is -0.127. The first-order chi connectivity index (χ1) is 11.0. The molecule has 2 rings (SSSR count). The van der Waals surface area contributed by atoms with Crippen molar-refractivity contribution in [1.82, 2.24) is 5.32 Å². The van der Waals surface area contributed by atoms with Gasteiger partial charge in [0.2, 0.25) is 0 Å². The summed E-state index contributed by atoms with van der Waals surface area (Å²) in [6, 6.07) is 17.3. The quantitative estimate of drug-likeness (QED) is 0.824. The highest BCUT2D eigenvalue weighted by molar-refractivity contribution is 6.30. The highest BCUT2D eigenvalue weighted by atomic mass is 35.5. The smallest absolute Gasteiger partial charge is 0.260 e. The molecule has 2 aromatic carbocycles. The summed E-state index contributed by atoms with van der Waals surface area (Å²) in [6.07, 6.45) is 1.29. The third kappa shape index (κ3) is 5.95. The average molecular weight is 332 g/mol. The van der Waals surface area contributed by atoms with Crippen LogP contribution in [0, 0.1) is 0 Å². The summed E-state index contributed by atoms with van der Waals surface area (Å²) in [5.74, 6) is 0.523. The van der Waals surface area contributed by atoms with Gasteiger partial charge in [0.1, 0.15) is 5.75 Å². The number of hydrogen-bond donors (Lipinski definition) is 1. The predicted molar refractivity (Wildman–Crippen MR) is 93.9 cm³/mol. The number of hydrogen-bond acceptors (Lipinski definition) is 2. The number of benzene rings is 2. The number of halogens is 1. The first-order valence-electron chi connectivity index (χ1n) is 7.81. The van der Waals surface area contributed by atoms with Gasteiger partial charge in [-0.2, -0.15) is 0 Å². The second-order valence-electron chi connectivity index (χ2n) is 5.65. The van der Waals surface area contributed by atoms with Crippen molar-refractivity contribution in [3.63, 3.8) is 0 Å². The summed E-state index contributed by atoms with van der Waals surface area (Å²) < 4.78 is 5.62. The van der Waals surface area contributed by atoms with Gasteiger partial charge in [-0.15, -0.1) is 0 Å². The molecule has 23 heavy (non-hydrogen) atoms. The fourth-order valence-corrected chi connectivity index (χ4v) is 2.36. The highest BCUT2D eigenvalue weighted by Crippen LogP contribution is 2.17. The van der Waals surface area contributed by atoms with Crippen molar-refractivity contribution in [2.45, 2.75) is 38.8 Å². The Balaban J connectivity index is 1.77. The van der Waals surface area contributed by atoms with E-state index in [-0.39, 0.29) is 11.9 Å². The first-order valence-corrected chi connectivity index (χ1v) is 8.19. The van der Waals surface area contributed by atoms with Gasteiger partial charge in [-0.3, -0.25) is 4.79 Å². The Labute approximate surface area is 142 Å². The van der Waals surface area contributed by atoms with E-state index in [9.17, 15) is 4.79 Å². The van der Waals surface area contributed by atoms with Gasteiger partial charge in [-0.25, -0.2) is 0 Å². The van der Waals surface area contributed by atoms with E-state index in [4.69, 9.17) is 16.3 Å². The zero-order chi connectivity index (χ0) is 16.7. The third-order valence-electron chi connectivity index (χ3n) is 3.59. The van der Waals surface area contributed by atoms with E-state index in [0.29, 0.717) is 10.8 Å². The van der Waals surface area contributed by atoms with Gasteiger partial charge in [0.15, 0.2) is 6.10 Å². The molecule has 1 N–H and O–H groups in total. The van der Waals surface area contributed by atoms with Crippen molar-refractivity contribution in [3.05, 3.63) is 65.2 Å². The van der Waals surface area contributed by atoms with Crippen LogP contribution < -0.4 is 10.1 Å². The van der Waals surface area contributed by atoms with Crippen molar-refractivity contribution >= 4 is 17.5 Å². The van der Waals surface area contributed by atoms with Crippen LogP contribution in [0.4, 0.5) is 0 Å². The molecule has 0 radical (unpaired) electrons. The van der Waals surface area contributed by atoms with Crippen LogP contribution in [0.1, 0.15) is 25.8 Å². The van der Waals surface area contributed by atoms with Crippen LogP contribution >= 0.6 is 11.6 Å². The summed E-state index contributed by atoms with van der Waals surface area (Å²) in [7, 11) is 0. The third-order valence-corrected chi connectivity index (χ3v) is 3.85. The first kappa shape index (κ1) is 17.4. The second kappa shape index (κ2) is 8.59. The summed E-state index contributed by atoms with van der Waals surface area (Å²) in [5.41, 5.74) is 1.28. The number of amides is 1. The largest absolute Gasteiger partial charge is 0.481 e. The van der Waals surface area contributed by atoms with Gasteiger partial charge in [0.05, 0.1) is 0 Å². The number of rotatable bonds is 7. The average Bonchev–Trinajstić information content (AvgIpc) is 2.56. The van der Waals surface area contributed by atoms with Gasteiger partial charge in [0, 0.05) is 11.1 Å². The van der Waals surface area contributed by atoms with Crippen molar-refractivity contribution in [3.8, 4) is 5.75 Å². The van der Waals surface area contributed by atoms with Gasteiger partial charge >= 0.3 is 0 Å². The second-order valence-corrected chi connectivity index (χ2v) is 6.08. The summed E-state index contributed by atoms with van der Waals surface area (Å²) in [5, 5.41) is 3.63. The van der Waals surface area contributed by atoms with E-state index in [0.717, 1.165) is 12.8 Å². The minimum Gasteiger partial charge on any atom is -0.481 e. The molecular formula is C19H22ClNO2. The number of carbonyl (C=O) groups is 1. The molecule has 2 atom stereocenters. The fourth-order valence-electron chi connectivity index (χ4n) is 2.23. The van der Waals surface area contributed by atoms with Crippen LogP contribution in [0.25, 0.3) is 0 Å². The molecule has 1 amide bonds. The summed E-state index contributed by atoms with van der Waals surface area (Å²) >= 11 is 5.83. The standard InChI is InChI=1S/C19H22ClNO2/c1-14(8-9-16-6-4-3-5-7-16)21-19(22)15(2)23-18-12-10-17(20)11-13-18/h3-7,10-15H,8-9H2,1-2H3,(H,21,22)/t14-,15+/m0/s1. The van der Waals surface area contributed by atoms with Crippen molar-refractivity contribution in [1.29, 1.82) is 0 Å². The van der Waals surface area contributed by atoms with Crippen LogP contribution in [0.3, 0.4) is 0 Å². The number of nitrogens with one attached hydrogen (secondary N) is 1. The SMILES string of the molecule is C[C@@H](CCc1ccccc1)NC(=O)[C@@H](C)Oc1ccc(Cl)cc1. The molecule has 0 bridgehead atoms. The normalized spacial score (nSPS) is 13.2. The molecular weight excluding hydrogens is 310 g/mol. The van der Waals surface area contributed by atoms with Crippen LogP contribution in [0.5, 0.6) is 5.75 Å². The molecule has 0 spiro atoms. The Morgan fingerprint density at radius 1 is 1.09 bits per heavy atom. The molecule has 122 valence electrons. The maximum absolute atomic E-state index is 12.2. The molecule has 3 nitrogen and oxygen atoms in total. The van der Waals surface area contributed by atoms with Gasteiger partial charge in [-0.05, 0) is 56.5 Å². The maximum atomic E-state index is 12.2. The zero-order valence-electron chi connectivity index (χ0n) is 13.5. The number of ether oxygens (including phenoxy) is 1. The lowest BCUT2D eigenvalue weighted by Crippen LogP contribution is -2.41. The molecule has 0 aliphatic heterocycles. The molecule has 2 aromatic rings. The summed E-state index contributed by atoms with van der Waals surface area (Å²) in [4.78, 5) is 12.2. The van der Waals surface area contributed by atoms with Gasteiger partial charge in [-0.1, -0.05) is 41.9 Å². The Morgan fingerprint density at radius 3 is 2.39 bits per heavy atom.